The number of anilines is 2. The first-order valence-electron chi connectivity index (χ1n) is 6.88. The van der Waals surface area contributed by atoms with Crippen LogP contribution in [0.2, 0.25) is 0 Å². The van der Waals surface area contributed by atoms with Crippen molar-refractivity contribution in [1.82, 2.24) is 0 Å². The van der Waals surface area contributed by atoms with Gasteiger partial charge < -0.3 is 20.1 Å². The average Bonchev–Trinajstić information content (AvgIpc) is 2.33. The van der Waals surface area contributed by atoms with Crippen molar-refractivity contribution in [1.29, 1.82) is 0 Å². The number of benzene rings is 1. The van der Waals surface area contributed by atoms with Gasteiger partial charge in [-0.3, -0.25) is 0 Å². The molecule has 0 heterocycles. The SMILES string of the molecule is COCCN(c1cc(OC(C)C)c(F)cc1N)C(C)C. The van der Waals surface area contributed by atoms with E-state index in [0.29, 0.717) is 18.8 Å². The number of nitrogens with two attached hydrogens (primary N) is 1. The Morgan fingerprint density at radius 2 is 1.90 bits per heavy atom. The molecule has 0 unspecified atom stereocenters. The van der Waals surface area contributed by atoms with E-state index in [1.54, 1.807) is 13.2 Å². The molecule has 1 aromatic carbocycles. The molecule has 0 atom stereocenters. The van der Waals surface area contributed by atoms with Crippen molar-refractivity contribution in [3.8, 4) is 5.75 Å². The fourth-order valence-corrected chi connectivity index (χ4v) is 2.00. The van der Waals surface area contributed by atoms with Gasteiger partial charge in [-0.2, -0.15) is 0 Å². The molecule has 114 valence electrons. The molecule has 1 aromatic rings. The van der Waals surface area contributed by atoms with Crippen LogP contribution in [-0.4, -0.2) is 32.4 Å². The van der Waals surface area contributed by atoms with E-state index in [9.17, 15) is 4.39 Å². The van der Waals surface area contributed by atoms with Crippen molar-refractivity contribution in [3.05, 3.63) is 17.9 Å². The molecule has 0 saturated heterocycles. The Hall–Kier alpha value is -1.49. The van der Waals surface area contributed by atoms with Crippen molar-refractivity contribution >= 4 is 11.4 Å². The van der Waals surface area contributed by atoms with Crippen LogP contribution in [0.15, 0.2) is 12.1 Å². The lowest BCUT2D eigenvalue weighted by Crippen LogP contribution is -2.34. The molecule has 0 spiro atoms. The molecular formula is C15H25FN2O2. The number of methoxy groups -OCH3 is 1. The van der Waals surface area contributed by atoms with Crippen LogP contribution in [0.1, 0.15) is 27.7 Å². The summed E-state index contributed by atoms with van der Waals surface area (Å²) in [7, 11) is 1.65. The van der Waals surface area contributed by atoms with E-state index in [0.717, 1.165) is 5.69 Å². The van der Waals surface area contributed by atoms with E-state index in [1.165, 1.54) is 6.07 Å². The molecule has 0 bridgehead atoms. The molecule has 0 radical (unpaired) electrons. The number of rotatable bonds is 7. The first-order valence-corrected chi connectivity index (χ1v) is 6.88. The quantitative estimate of drug-likeness (QED) is 0.782. The lowest BCUT2D eigenvalue weighted by atomic mass is 10.2. The monoisotopic (exact) mass is 284 g/mol. The van der Waals surface area contributed by atoms with Crippen LogP contribution >= 0.6 is 0 Å². The van der Waals surface area contributed by atoms with Crippen LogP contribution in [0.5, 0.6) is 5.75 Å². The first kappa shape index (κ1) is 16.6. The van der Waals surface area contributed by atoms with Gasteiger partial charge in [0.2, 0.25) is 0 Å². The Morgan fingerprint density at radius 1 is 1.25 bits per heavy atom. The number of ether oxygens (including phenoxy) is 2. The van der Waals surface area contributed by atoms with E-state index in [4.69, 9.17) is 15.2 Å². The van der Waals surface area contributed by atoms with Crippen molar-refractivity contribution in [2.24, 2.45) is 0 Å². The maximum Gasteiger partial charge on any atom is 0.167 e. The molecule has 5 heteroatoms. The van der Waals surface area contributed by atoms with Gasteiger partial charge in [-0.1, -0.05) is 0 Å². The summed E-state index contributed by atoms with van der Waals surface area (Å²) in [5, 5.41) is 0. The van der Waals surface area contributed by atoms with Gasteiger partial charge in [-0.15, -0.1) is 0 Å². The van der Waals surface area contributed by atoms with E-state index in [2.05, 4.69) is 18.7 Å². The Morgan fingerprint density at radius 3 is 2.40 bits per heavy atom. The van der Waals surface area contributed by atoms with Gasteiger partial charge in [0, 0.05) is 31.8 Å². The molecule has 4 nitrogen and oxygen atoms in total. The second kappa shape index (κ2) is 7.33. The topological polar surface area (TPSA) is 47.7 Å². The molecule has 0 aliphatic carbocycles. The number of hydrogen-bond donors (Lipinski definition) is 1. The molecule has 0 aliphatic rings. The van der Waals surface area contributed by atoms with Crippen molar-refractivity contribution in [2.75, 3.05) is 30.9 Å². The highest BCUT2D eigenvalue weighted by molar-refractivity contribution is 5.70. The summed E-state index contributed by atoms with van der Waals surface area (Å²) in [6.45, 7) is 9.10. The van der Waals surface area contributed by atoms with E-state index < -0.39 is 5.82 Å². The fourth-order valence-electron chi connectivity index (χ4n) is 2.00. The summed E-state index contributed by atoms with van der Waals surface area (Å²) in [6, 6.07) is 3.21. The van der Waals surface area contributed by atoms with Crippen molar-refractivity contribution in [3.63, 3.8) is 0 Å². The number of nitrogens with zero attached hydrogens (tertiary/aromatic N) is 1. The summed E-state index contributed by atoms with van der Waals surface area (Å²) in [6.07, 6.45) is -0.0903. The molecular weight excluding hydrogens is 259 g/mol. The van der Waals surface area contributed by atoms with Crippen molar-refractivity contribution < 1.29 is 13.9 Å². The zero-order valence-corrected chi connectivity index (χ0v) is 12.9. The highest BCUT2D eigenvalue weighted by atomic mass is 19.1. The lowest BCUT2D eigenvalue weighted by molar-refractivity contribution is 0.203. The number of nitrogen functional groups attached to an aromatic ring is 1. The van der Waals surface area contributed by atoms with Crippen LogP contribution in [0.4, 0.5) is 15.8 Å². The number of halogens is 1. The molecule has 0 amide bonds. The molecule has 0 aromatic heterocycles. The highest BCUT2D eigenvalue weighted by Crippen LogP contribution is 2.32. The van der Waals surface area contributed by atoms with Gasteiger partial charge in [-0.25, -0.2) is 4.39 Å². The lowest BCUT2D eigenvalue weighted by Gasteiger charge is -2.30. The third kappa shape index (κ3) is 4.27. The van der Waals surface area contributed by atoms with Crippen LogP contribution in [-0.2, 0) is 4.74 Å². The summed E-state index contributed by atoms with van der Waals surface area (Å²) in [4.78, 5) is 2.07. The molecule has 1 rings (SSSR count). The minimum Gasteiger partial charge on any atom is -0.488 e. The fraction of sp³-hybridized carbons (Fsp3) is 0.600. The van der Waals surface area contributed by atoms with Gasteiger partial charge in [0.05, 0.1) is 24.1 Å². The predicted molar refractivity (Wildman–Crippen MR) is 80.9 cm³/mol. The van der Waals surface area contributed by atoms with Crippen molar-refractivity contribution in [2.45, 2.75) is 39.8 Å². The second-order valence-electron chi connectivity index (χ2n) is 5.29. The molecule has 0 fully saturated rings. The second-order valence-corrected chi connectivity index (χ2v) is 5.29. The predicted octanol–water partition coefficient (Wildman–Crippen LogP) is 3.06. The third-order valence-electron chi connectivity index (χ3n) is 2.91. The molecule has 0 aliphatic heterocycles. The van der Waals surface area contributed by atoms with Gasteiger partial charge >= 0.3 is 0 Å². The Bertz CT molecular complexity index is 436. The maximum absolute atomic E-state index is 13.9. The van der Waals surface area contributed by atoms with Crippen LogP contribution in [0, 0.1) is 5.82 Å². The van der Waals surface area contributed by atoms with E-state index in [1.807, 2.05) is 13.8 Å². The minimum absolute atomic E-state index is 0.0903. The zero-order chi connectivity index (χ0) is 15.3. The van der Waals surface area contributed by atoms with Crippen LogP contribution < -0.4 is 15.4 Å². The zero-order valence-electron chi connectivity index (χ0n) is 12.9. The maximum atomic E-state index is 13.9. The number of hydrogen-bond acceptors (Lipinski definition) is 4. The average molecular weight is 284 g/mol. The van der Waals surface area contributed by atoms with Gasteiger partial charge in [-0.05, 0) is 27.7 Å². The standard InChI is InChI=1S/C15H25FN2O2/c1-10(2)18(6-7-19-5)14-9-15(20-11(3)4)12(16)8-13(14)17/h8-11H,6-7,17H2,1-5H3. The highest BCUT2D eigenvalue weighted by Gasteiger charge is 2.17. The molecule has 0 saturated carbocycles. The third-order valence-corrected chi connectivity index (χ3v) is 2.91. The van der Waals surface area contributed by atoms with E-state index >= 15 is 0 Å². The van der Waals surface area contributed by atoms with Crippen LogP contribution in [0.25, 0.3) is 0 Å². The smallest absolute Gasteiger partial charge is 0.167 e. The molecule has 20 heavy (non-hydrogen) atoms. The van der Waals surface area contributed by atoms with E-state index in [-0.39, 0.29) is 17.9 Å². The minimum atomic E-state index is -0.435. The first-order chi connectivity index (χ1) is 9.36. The van der Waals surface area contributed by atoms with Gasteiger partial charge in [0.1, 0.15) is 0 Å². The molecule has 2 N–H and O–H groups in total. The largest absolute Gasteiger partial charge is 0.488 e. The Kier molecular flexibility index (Phi) is 6.07. The van der Waals surface area contributed by atoms with Crippen LogP contribution in [0.3, 0.4) is 0 Å². The summed E-state index contributed by atoms with van der Waals surface area (Å²) in [5.41, 5.74) is 7.13. The summed E-state index contributed by atoms with van der Waals surface area (Å²) in [5.74, 6) is -0.206. The summed E-state index contributed by atoms with van der Waals surface area (Å²) >= 11 is 0. The van der Waals surface area contributed by atoms with Gasteiger partial charge in [0.25, 0.3) is 0 Å². The Labute approximate surface area is 120 Å². The Balaban J connectivity index is 3.13. The van der Waals surface area contributed by atoms with Gasteiger partial charge in [0.15, 0.2) is 11.6 Å². The summed E-state index contributed by atoms with van der Waals surface area (Å²) < 4.78 is 24.5. The normalized spacial score (nSPS) is 11.2.